The van der Waals surface area contributed by atoms with E-state index < -0.39 is 164 Å². The van der Waals surface area contributed by atoms with E-state index in [1.807, 2.05) is 18.2 Å². The lowest BCUT2D eigenvalue weighted by molar-refractivity contribution is -0.130. The van der Waals surface area contributed by atoms with Gasteiger partial charge < -0.3 is 65.9 Å². The maximum Gasteiger partial charge on any atom is 0.242 e. The molecule has 1 aliphatic rings. The standard InChI is InChI=1S/C71H109N15O14S3/c1-53(87)62-33-17-21-41-77-65(88)36-22-35-64(71(94)80-60(44-55-25-8-3-9-26-55)46-84(48-66(89)81-62)101(95,96)42-40-75)83-67(90)49-85(102(97,98)51-56-27-10-4-11-28-56)45-58(31-14-18-37-72)78-70(93)63(34-16-20-39-74)82-68(91)50-86(103(99,100)52-57-29-12-5-13-30-57)47-59(43-54-23-6-2-7-24-54)79-69(92)61(76)32-15-19-38-73/h2-13,23-30,58-64H,14-22,31-52,72-76H2,1H3,(H,77,88)(H,78,93)(H,79,92)(H,80,94)(H,81,89)(H,82,91)(H,83,90)/t58-,59-,60-,61-,62-,63-,64-/m0/s1. The first kappa shape index (κ1) is 86.0. The number of carbonyl (C=O) groups is 8. The highest BCUT2D eigenvalue weighted by molar-refractivity contribution is 7.89. The first-order valence-corrected chi connectivity index (χ1v) is 40.3. The van der Waals surface area contributed by atoms with Gasteiger partial charge in [0.2, 0.25) is 71.4 Å². The number of benzene rings is 4. The molecule has 29 nitrogen and oxygen atoms in total. The molecule has 17 N–H and O–H groups in total. The van der Waals surface area contributed by atoms with Crippen LogP contribution in [0.2, 0.25) is 0 Å². The van der Waals surface area contributed by atoms with Gasteiger partial charge in [0.15, 0.2) is 5.78 Å². The monoisotopic (exact) mass is 1490 g/mol. The predicted octanol–water partition coefficient (Wildman–Crippen LogP) is 0.409. The third kappa shape index (κ3) is 32.5. The number of carbonyl (C=O) groups excluding carboxylic acids is 8. The Bertz CT molecular complexity index is 3630. The maximum atomic E-state index is 15.0. The van der Waals surface area contributed by atoms with Crippen molar-refractivity contribution in [1.82, 2.24) is 50.1 Å². The van der Waals surface area contributed by atoms with Crippen molar-refractivity contribution in [3.05, 3.63) is 144 Å². The van der Waals surface area contributed by atoms with Crippen LogP contribution in [0.1, 0.15) is 125 Å². The zero-order valence-corrected chi connectivity index (χ0v) is 61.6. The van der Waals surface area contributed by atoms with Crippen molar-refractivity contribution in [1.29, 1.82) is 0 Å². The smallest absolute Gasteiger partial charge is 0.242 e. The molecule has 4 aromatic carbocycles. The number of rotatable bonds is 40. The molecule has 0 saturated carbocycles. The zero-order chi connectivity index (χ0) is 75.2. The Labute approximate surface area is 607 Å². The number of nitrogens with two attached hydrogens (primary N) is 5. The van der Waals surface area contributed by atoms with Crippen LogP contribution in [0.3, 0.4) is 0 Å². The van der Waals surface area contributed by atoms with E-state index in [-0.39, 0.29) is 89.2 Å². The molecule has 0 radical (unpaired) electrons. The van der Waals surface area contributed by atoms with E-state index in [1.54, 1.807) is 103 Å². The molecule has 1 heterocycles. The summed E-state index contributed by atoms with van der Waals surface area (Å²) in [6.07, 6.45) is 3.94. The molecule has 1 aliphatic heterocycles. The van der Waals surface area contributed by atoms with Gasteiger partial charge in [0, 0.05) is 57.3 Å². The summed E-state index contributed by atoms with van der Waals surface area (Å²) in [5, 5.41) is 19.6. The number of hydrogen-bond acceptors (Lipinski definition) is 19. The van der Waals surface area contributed by atoms with Gasteiger partial charge in [-0.3, -0.25) is 38.4 Å². The van der Waals surface area contributed by atoms with Crippen LogP contribution >= 0.6 is 0 Å². The molecule has 0 bridgehead atoms. The Kier molecular flexibility index (Phi) is 38.1. The van der Waals surface area contributed by atoms with E-state index in [2.05, 4.69) is 37.2 Å². The number of hydrogen-bond donors (Lipinski definition) is 12. The zero-order valence-electron chi connectivity index (χ0n) is 59.2. The van der Waals surface area contributed by atoms with Crippen LogP contribution in [-0.4, -0.2) is 205 Å². The van der Waals surface area contributed by atoms with E-state index in [0.717, 1.165) is 18.5 Å². The second-order valence-corrected chi connectivity index (χ2v) is 32.2. The number of nitrogens with one attached hydrogen (secondary N) is 7. The summed E-state index contributed by atoms with van der Waals surface area (Å²) in [6.45, 7) is -1.89. The van der Waals surface area contributed by atoms with E-state index in [1.165, 1.54) is 6.92 Å². The molecule has 1 fully saturated rings. The van der Waals surface area contributed by atoms with Gasteiger partial charge in [-0.05, 0) is 139 Å². The quantitative estimate of drug-likeness (QED) is 0.0268. The van der Waals surface area contributed by atoms with Gasteiger partial charge in [-0.2, -0.15) is 12.9 Å². The number of amides is 7. The van der Waals surface area contributed by atoms with Gasteiger partial charge in [0.05, 0.1) is 49.0 Å². The van der Waals surface area contributed by atoms with E-state index in [0.29, 0.717) is 81.0 Å². The normalized spacial score (nSPS) is 17.7. The average molecular weight is 1490 g/mol. The van der Waals surface area contributed by atoms with E-state index >= 15 is 0 Å². The molecule has 1 saturated heterocycles. The van der Waals surface area contributed by atoms with Crippen molar-refractivity contribution in [2.75, 3.05) is 77.7 Å². The van der Waals surface area contributed by atoms with Crippen molar-refractivity contribution in [2.24, 2.45) is 28.7 Å². The predicted molar refractivity (Wildman–Crippen MR) is 396 cm³/mol. The second-order valence-electron chi connectivity index (χ2n) is 26.1. The van der Waals surface area contributed by atoms with Crippen LogP contribution in [0, 0.1) is 0 Å². The molecule has 32 heteroatoms. The van der Waals surface area contributed by atoms with E-state index in [4.69, 9.17) is 28.7 Å². The first-order valence-electron chi connectivity index (χ1n) is 35.5. The van der Waals surface area contributed by atoms with Gasteiger partial charge >= 0.3 is 0 Å². The molecule has 0 spiro atoms. The molecule has 5 rings (SSSR count). The summed E-state index contributed by atoms with van der Waals surface area (Å²) >= 11 is 0. The number of sulfonamides is 3. The van der Waals surface area contributed by atoms with Crippen molar-refractivity contribution in [2.45, 2.75) is 170 Å². The second kappa shape index (κ2) is 45.6. The lowest BCUT2D eigenvalue weighted by Crippen LogP contribution is -2.57. The third-order valence-corrected chi connectivity index (χ3v) is 22.7. The topological polar surface area (TPSA) is 463 Å². The van der Waals surface area contributed by atoms with Crippen LogP contribution in [-0.2, 0) is 92.8 Å². The summed E-state index contributed by atoms with van der Waals surface area (Å²) < 4.78 is 90.0. The number of nitrogens with zero attached hydrogens (tertiary/aromatic N) is 3. The molecule has 4 aromatic rings. The molecule has 0 aromatic heterocycles. The van der Waals surface area contributed by atoms with Crippen molar-refractivity contribution >= 4 is 77.2 Å². The van der Waals surface area contributed by atoms with E-state index in [9.17, 15) is 63.6 Å². The molecule has 0 unspecified atom stereocenters. The van der Waals surface area contributed by atoms with Gasteiger partial charge in [0.1, 0.15) is 12.1 Å². The first-order chi connectivity index (χ1) is 49.2. The van der Waals surface area contributed by atoms with Crippen LogP contribution in [0.5, 0.6) is 0 Å². The highest BCUT2D eigenvalue weighted by Crippen LogP contribution is 2.19. The molecule has 0 aliphatic carbocycles. The van der Waals surface area contributed by atoms with Gasteiger partial charge in [0.25, 0.3) is 0 Å². The Hall–Kier alpha value is -7.63. The number of Topliss-reactive ketones (excluding diaryl/α,β-unsaturated/α-hetero) is 1. The van der Waals surface area contributed by atoms with Gasteiger partial charge in [-0.1, -0.05) is 134 Å². The fourth-order valence-corrected chi connectivity index (χ4v) is 16.2. The minimum Gasteiger partial charge on any atom is -0.356 e. The Morgan fingerprint density at radius 2 is 1.08 bits per heavy atom. The van der Waals surface area contributed by atoms with Crippen molar-refractivity contribution in [3.8, 4) is 0 Å². The van der Waals surface area contributed by atoms with Gasteiger partial charge in [-0.25, -0.2) is 25.3 Å². The SMILES string of the molecule is CC(=O)[C@@H]1CCCCNC(=O)CCC[C@H](NC(=O)CN(C[C@H](CCCCN)NC(=O)[C@H](CCCCN)NC(=O)CN(C[C@H](Cc2ccccc2)NC(=O)[C@@H](N)CCCCN)S(=O)(=O)Cc2ccccc2)S(=O)(=O)Cc2ccccc2)C(=O)N[C@@H](Cc2ccccc2)CN(S(=O)(=O)CCN)CC(=O)N1. The minimum atomic E-state index is -4.55. The highest BCUT2D eigenvalue weighted by atomic mass is 32.2. The summed E-state index contributed by atoms with van der Waals surface area (Å²) in [7, 11) is -13.2. The molecule has 570 valence electrons. The summed E-state index contributed by atoms with van der Waals surface area (Å²) in [4.78, 5) is 113. The lowest BCUT2D eigenvalue weighted by Gasteiger charge is -2.31. The fraction of sp³-hybridized carbons (Fsp3) is 0.549. The van der Waals surface area contributed by atoms with Crippen LogP contribution in [0.25, 0.3) is 0 Å². The van der Waals surface area contributed by atoms with Gasteiger partial charge in [-0.15, -0.1) is 0 Å². The van der Waals surface area contributed by atoms with Crippen LogP contribution in [0.15, 0.2) is 121 Å². The van der Waals surface area contributed by atoms with Crippen LogP contribution in [0.4, 0.5) is 0 Å². The molecule has 7 atom stereocenters. The minimum absolute atomic E-state index is 0.000647. The lowest BCUT2D eigenvalue weighted by atomic mass is 10.0. The van der Waals surface area contributed by atoms with Crippen molar-refractivity contribution < 1.29 is 63.6 Å². The molecule has 7 amide bonds. The Balaban J connectivity index is 1.50. The third-order valence-electron chi connectivity index (χ3n) is 17.4. The fourth-order valence-electron chi connectivity index (χ4n) is 11.9. The Morgan fingerprint density at radius 3 is 1.63 bits per heavy atom. The summed E-state index contributed by atoms with van der Waals surface area (Å²) in [5.41, 5.74) is 31.9. The average Bonchev–Trinajstić information content (AvgIpc) is 0.878. The number of ketones is 1. The summed E-state index contributed by atoms with van der Waals surface area (Å²) in [6, 6.07) is 26.3. The van der Waals surface area contributed by atoms with Crippen molar-refractivity contribution in [3.63, 3.8) is 0 Å². The maximum absolute atomic E-state index is 15.0. The largest absolute Gasteiger partial charge is 0.356 e. The highest BCUT2D eigenvalue weighted by Gasteiger charge is 2.36. The number of unbranched alkanes of at least 4 members (excludes halogenated alkanes) is 3. The Morgan fingerprint density at radius 1 is 0.563 bits per heavy atom. The molecule has 103 heavy (non-hydrogen) atoms. The molecular weight excluding hydrogens is 1380 g/mol. The van der Waals surface area contributed by atoms with Crippen LogP contribution < -0.4 is 65.9 Å². The summed E-state index contributed by atoms with van der Waals surface area (Å²) in [5.74, 6) is -7.31. The molecular formula is C71H109N15O14S3.